The molecule has 4 heterocycles. The molecule has 1 saturated carbocycles. The van der Waals surface area contributed by atoms with Crippen LogP contribution in [0.2, 0.25) is 0 Å². The number of benzene rings is 3. The van der Waals surface area contributed by atoms with Crippen LogP contribution in [0.5, 0.6) is 0 Å². The molecule has 4 N–H and O–H groups in total. The summed E-state index contributed by atoms with van der Waals surface area (Å²) in [5.41, 5.74) is 11.7. The molecule has 4 amide bonds. The quantitative estimate of drug-likeness (QED) is 0.102. The number of carbonyl (C=O) groups excluding carboxylic acids is 4. The fourth-order valence-electron chi connectivity index (χ4n) is 11.3. The van der Waals surface area contributed by atoms with Crippen molar-refractivity contribution >= 4 is 35.0 Å². The highest BCUT2D eigenvalue weighted by Crippen LogP contribution is 2.55. The zero-order valence-electron chi connectivity index (χ0n) is 38.5. The Morgan fingerprint density at radius 1 is 0.692 bits per heavy atom. The van der Waals surface area contributed by atoms with E-state index in [-0.39, 0.29) is 41.1 Å². The molecule has 5 aromatic rings. The first-order chi connectivity index (χ1) is 31.4. The van der Waals surface area contributed by atoms with E-state index in [0.717, 1.165) is 78.0 Å². The van der Waals surface area contributed by atoms with Crippen LogP contribution in [0.3, 0.4) is 0 Å². The number of alkyl carbamates (subject to hydrolysis) is 2. The van der Waals surface area contributed by atoms with Crippen molar-refractivity contribution in [2.24, 2.45) is 11.8 Å². The first-order valence-electron chi connectivity index (χ1n) is 23.5. The zero-order valence-corrected chi connectivity index (χ0v) is 38.5. The van der Waals surface area contributed by atoms with Crippen molar-refractivity contribution in [3.8, 4) is 33.5 Å². The summed E-state index contributed by atoms with van der Waals surface area (Å²) >= 11 is 0. The van der Waals surface area contributed by atoms with Crippen LogP contribution in [0.4, 0.5) is 9.59 Å². The molecule has 65 heavy (non-hydrogen) atoms. The Bertz CT molecular complexity index is 2590. The minimum absolute atomic E-state index is 0.104. The molecule has 0 unspecified atom stereocenters. The first-order valence-corrected chi connectivity index (χ1v) is 23.5. The molecule has 4 atom stereocenters. The molecule has 3 fully saturated rings. The molecule has 9 rings (SSSR count). The van der Waals surface area contributed by atoms with E-state index in [9.17, 15) is 19.2 Å². The number of nitrogens with one attached hydrogen (secondary N) is 4. The van der Waals surface area contributed by atoms with Gasteiger partial charge in [-0.15, -0.1) is 0 Å². The third-order valence-corrected chi connectivity index (χ3v) is 14.7. The molecule has 342 valence electrons. The lowest BCUT2D eigenvalue weighted by Crippen LogP contribution is -2.51. The SMILES string of the molecule is COC(=O)N[C@H](C(=O)N1CCC[C@H]1c1ncc(-c2ccc(-c3ccc(-c4ccc5[nH]c([C@@H]6CCCN6C(=O)[C@@H](NC(=O)OC)C(C)C)nc5c4)c4c3C3(CCCC3)CC4)cc2)[nH]1)C(C)C. The number of methoxy groups -OCH3 is 2. The molecule has 0 bridgehead atoms. The summed E-state index contributed by atoms with van der Waals surface area (Å²) in [7, 11) is 2.61. The molecular weight excluding hydrogens is 821 g/mol. The van der Waals surface area contributed by atoms with Crippen LogP contribution >= 0.6 is 0 Å². The first kappa shape index (κ1) is 44.0. The molecule has 2 aliphatic heterocycles. The fraction of sp³-hybridized carbons (Fsp3) is 0.490. The average molecular weight is 883 g/mol. The highest BCUT2D eigenvalue weighted by atomic mass is 16.5. The van der Waals surface area contributed by atoms with E-state index in [1.807, 2.05) is 43.7 Å². The van der Waals surface area contributed by atoms with E-state index in [1.54, 1.807) is 0 Å². The molecule has 1 spiro atoms. The number of imidazole rings is 2. The third kappa shape index (κ3) is 8.25. The van der Waals surface area contributed by atoms with Crippen molar-refractivity contribution in [2.45, 2.75) is 121 Å². The molecule has 2 aliphatic carbocycles. The predicted molar refractivity (Wildman–Crippen MR) is 249 cm³/mol. The van der Waals surface area contributed by atoms with Crippen molar-refractivity contribution in [1.82, 2.24) is 40.4 Å². The zero-order chi connectivity index (χ0) is 45.6. The Kier molecular flexibility index (Phi) is 12.2. The number of nitrogens with zero attached hydrogens (tertiary/aromatic N) is 4. The summed E-state index contributed by atoms with van der Waals surface area (Å²) in [4.78, 5) is 72.4. The van der Waals surface area contributed by atoms with Crippen molar-refractivity contribution in [3.63, 3.8) is 0 Å². The molecule has 3 aromatic carbocycles. The number of H-pyrrole nitrogens is 2. The predicted octanol–water partition coefficient (Wildman–Crippen LogP) is 9.13. The lowest BCUT2D eigenvalue weighted by molar-refractivity contribution is -0.136. The van der Waals surface area contributed by atoms with Crippen LogP contribution in [0.1, 0.15) is 120 Å². The maximum absolute atomic E-state index is 13.8. The van der Waals surface area contributed by atoms with Gasteiger partial charge in [0.2, 0.25) is 11.8 Å². The second-order valence-corrected chi connectivity index (χ2v) is 19.2. The molecule has 4 aliphatic rings. The van der Waals surface area contributed by atoms with Crippen molar-refractivity contribution in [3.05, 3.63) is 83.6 Å². The number of rotatable bonds is 11. The standard InChI is InChI=1S/C51H62N8O6/c1-29(2)43(56-49(62)64-5)47(60)58-25-9-11-40(58)45-52-28-39(55-45)32-15-13-31(14-16-32)35-19-18-34(36-21-24-51(42(35)36)22-7-8-23-51)33-17-20-37-38(27-33)54-46(53-37)41-12-10-26-59(41)48(61)44(30(3)4)57-50(63)65-6/h13-20,27-30,40-41,43-44H,7-12,21-26H2,1-6H3,(H,52,55)(H,53,54)(H,56,62)(H,57,63)/t40-,41-,43-,44-/m0/s1. The van der Waals surface area contributed by atoms with Gasteiger partial charge >= 0.3 is 12.2 Å². The lowest BCUT2D eigenvalue weighted by atomic mass is 9.76. The van der Waals surface area contributed by atoms with Gasteiger partial charge in [-0.1, -0.05) is 83.0 Å². The van der Waals surface area contributed by atoms with Crippen LogP contribution in [0.25, 0.3) is 44.5 Å². The summed E-state index contributed by atoms with van der Waals surface area (Å²) in [5.74, 6) is 1.06. The van der Waals surface area contributed by atoms with Crippen molar-refractivity contribution < 1.29 is 28.7 Å². The van der Waals surface area contributed by atoms with E-state index < -0.39 is 24.3 Å². The summed E-state index contributed by atoms with van der Waals surface area (Å²) in [6.07, 6.45) is 11.0. The van der Waals surface area contributed by atoms with Gasteiger partial charge in [-0.2, -0.15) is 0 Å². The largest absolute Gasteiger partial charge is 0.453 e. The normalized spacial score (nSPS) is 19.9. The highest BCUT2D eigenvalue weighted by molar-refractivity contribution is 5.89. The minimum atomic E-state index is -0.689. The molecular formula is C51H62N8O6. The Morgan fingerprint density at radius 3 is 1.86 bits per heavy atom. The molecule has 0 radical (unpaired) electrons. The average Bonchev–Trinajstić information content (AvgIpc) is 4.18. The minimum Gasteiger partial charge on any atom is -0.453 e. The van der Waals surface area contributed by atoms with E-state index in [2.05, 4.69) is 75.2 Å². The van der Waals surface area contributed by atoms with Gasteiger partial charge in [0.25, 0.3) is 0 Å². The third-order valence-electron chi connectivity index (χ3n) is 14.7. The van der Waals surface area contributed by atoms with Gasteiger partial charge in [-0.3, -0.25) is 9.59 Å². The summed E-state index contributed by atoms with van der Waals surface area (Å²) in [5, 5.41) is 5.47. The van der Waals surface area contributed by atoms with Crippen LogP contribution in [0.15, 0.2) is 60.8 Å². The number of hydrogen-bond acceptors (Lipinski definition) is 8. The summed E-state index contributed by atoms with van der Waals surface area (Å²) < 4.78 is 9.63. The van der Waals surface area contributed by atoms with E-state index in [0.29, 0.717) is 13.1 Å². The number of hydrogen-bond donors (Lipinski definition) is 4. The van der Waals surface area contributed by atoms with Gasteiger partial charge in [0.15, 0.2) is 0 Å². The number of fused-ring (bicyclic) bond motifs is 3. The molecule has 14 heteroatoms. The summed E-state index contributed by atoms with van der Waals surface area (Å²) in [6, 6.07) is 18.1. The van der Waals surface area contributed by atoms with Gasteiger partial charge in [0, 0.05) is 13.1 Å². The van der Waals surface area contributed by atoms with Crippen molar-refractivity contribution in [1.29, 1.82) is 0 Å². The van der Waals surface area contributed by atoms with Gasteiger partial charge in [0.1, 0.15) is 23.7 Å². The van der Waals surface area contributed by atoms with Crippen molar-refractivity contribution in [2.75, 3.05) is 27.3 Å². The number of amides is 4. The lowest BCUT2D eigenvalue weighted by Gasteiger charge is -2.30. The Hall–Kier alpha value is -6.18. The second-order valence-electron chi connectivity index (χ2n) is 19.2. The van der Waals surface area contributed by atoms with E-state index >= 15 is 0 Å². The number of aromatic amines is 2. The second kappa shape index (κ2) is 18.0. The van der Waals surface area contributed by atoms with Crippen LogP contribution < -0.4 is 10.6 Å². The van der Waals surface area contributed by atoms with Crippen LogP contribution in [0, 0.1) is 11.8 Å². The van der Waals surface area contributed by atoms with Gasteiger partial charge in [0.05, 0.1) is 49.2 Å². The van der Waals surface area contributed by atoms with Gasteiger partial charge in [-0.25, -0.2) is 19.6 Å². The van der Waals surface area contributed by atoms with E-state index in [4.69, 9.17) is 19.4 Å². The summed E-state index contributed by atoms with van der Waals surface area (Å²) in [6.45, 7) is 8.89. The number of aromatic nitrogens is 4. The maximum Gasteiger partial charge on any atom is 0.407 e. The Labute approximate surface area is 380 Å². The molecule has 2 saturated heterocycles. The fourth-order valence-corrected chi connectivity index (χ4v) is 11.3. The van der Waals surface area contributed by atoms with Gasteiger partial charge in [-0.05, 0) is 120 Å². The Balaban J connectivity index is 0.973. The maximum atomic E-state index is 13.8. The van der Waals surface area contributed by atoms with Crippen LogP contribution in [-0.4, -0.2) is 93.1 Å². The molecule has 2 aromatic heterocycles. The molecule has 14 nitrogen and oxygen atoms in total. The highest BCUT2D eigenvalue weighted by Gasteiger charge is 2.44. The van der Waals surface area contributed by atoms with Crippen LogP contribution in [-0.2, 0) is 30.9 Å². The van der Waals surface area contributed by atoms with E-state index in [1.165, 1.54) is 67.7 Å². The Morgan fingerprint density at radius 2 is 1.26 bits per heavy atom. The number of carbonyl (C=O) groups is 4. The number of likely N-dealkylation sites (tertiary alicyclic amines) is 2. The number of ether oxygens (including phenoxy) is 2. The smallest absolute Gasteiger partial charge is 0.407 e. The monoisotopic (exact) mass is 882 g/mol. The van der Waals surface area contributed by atoms with Gasteiger partial charge < -0.3 is 39.9 Å². The topological polar surface area (TPSA) is 175 Å².